The Labute approximate surface area is 347 Å². The number of hydrogen-bond acceptors (Lipinski definition) is 9. The molecule has 0 radical (unpaired) electrons. The van der Waals surface area contributed by atoms with Gasteiger partial charge in [0.2, 0.25) is 0 Å². The van der Waals surface area contributed by atoms with Crippen LogP contribution in [0.5, 0.6) is 0 Å². The van der Waals surface area contributed by atoms with Crippen LogP contribution in [-0.4, -0.2) is 65.7 Å². The summed E-state index contributed by atoms with van der Waals surface area (Å²) in [6, 6.07) is 0. The molecule has 0 aromatic rings. The van der Waals surface area contributed by atoms with E-state index in [0.29, 0.717) is 12.8 Å². The van der Waals surface area contributed by atoms with Crippen molar-refractivity contribution in [1.29, 1.82) is 0 Å². The van der Waals surface area contributed by atoms with E-state index in [2.05, 4.69) is 62.5 Å². The van der Waals surface area contributed by atoms with E-state index in [9.17, 15) is 24.2 Å². The van der Waals surface area contributed by atoms with Gasteiger partial charge in [0, 0.05) is 12.8 Å². The highest BCUT2D eigenvalue weighted by Gasteiger charge is 2.27. The first kappa shape index (κ1) is 54.9. The summed E-state index contributed by atoms with van der Waals surface area (Å²) in [4.78, 5) is 35.0. The molecule has 1 unspecified atom stereocenters. The Morgan fingerprint density at radius 2 is 0.912 bits per heavy atom. The smallest absolute Gasteiger partial charge is 0.462 e. The summed E-state index contributed by atoms with van der Waals surface area (Å²) in [6.45, 7) is 2.32. The van der Waals surface area contributed by atoms with Crippen molar-refractivity contribution >= 4 is 19.8 Å². The van der Waals surface area contributed by atoms with Gasteiger partial charge in [-0.2, -0.15) is 0 Å². The first-order valence-corrected chi connectivity index (χ1v) is 24.1. The van der Waals surface area contributed by atoms with Gasteiger partial charge in [-0.3, -0.25) is 18.6 Å². The standard InChI is InChI=1S/C46H83O10P/c1-3-5-7-9-11-13-15-17-19-21-23-25-27-29-31-33-35-37-45(49)53-41-44(42-55-57(51,52)54-40-43(48)39-47)56-46(50)38-36-34-32-30-28-26-24-22-20-18-16-14-12-10-8-6-4-2/h11,13-14,16-17,19,23,25,43-44,47-48H,3-10,12,15,18,20-22,24,26-42H2,1-2H3,(H,51,52)/b13-11+,16-14+,19-17+,25-23+/t43-,44+/m0/s1. The molecule has 11 heteroatoms. The number of esters is 2. The summed E-state index contributed by atoms with van der Waals surface area (Å²) >= 11 is 0. The molecule has 0 aromatic heterocycles. The Bertz CT molecular complexity index is 1090. The molecule has 0 heterocycles. The Hall–Kier alpha value is -2.07. The number of carbonyl (C=O) groups excluding carboxylic acids is 2. The zero-order valence-electron chi connectivity index (χ0n) is 36.0. The Kier molecular flexibility index (Phi) is 40.5. The van der Waals surface area contributed by atoms with Crippen molar-refractivity contribution < 1.29 is 47.8 Å². The van der Waals surface area contributed by atoms with Crippen LogP contribution in [0, 0.1) is 0 Å². The lowest BCUT2D eigenvalue weighted by Gasteiger charge is -2.20. The van der Waals surface area contributed by atoms with Crippen LogP contribution in [0.1, 0.15) is 194 Å². The molecule has 0 saturated carbocycles. The first-order chi connectivity index (χ1) is 27.7. The molecular weight excluding hydrogens is 743 g/mol. The second-order valence-corrected chi connectivity index (χ2v) is 16.5. The monoisotopic (exact) mass is 827 g/mol. The van der Waals surface area contributed by atoms with Crippen molar-refractivity contribution in [3.05, 3.63) is 48.6 Å². The average molecular weight is 827 g/mol. The van der Waals surface area contributed by atoms with Gasteiger partial charge in [0.1, 0.15) is 12.7 Å². The zero-order valence-corrected chi connectivity index (χ0v) is 36.9. The molecule has 10 nitrogen and oxygen atoms in total. The quantitative estimate of drug-likeness (QED) is 0.0235. The van der Waals surface area contributed by atoms with Crippen molar-refractivity contribution in [2.45, 2.75) is 206 Å². The molecule has 0 saturated heterocycles. The van der Waals surface area contributed by atoms with E-state index in [4.69, 9.17) is 23.6 Å². The second kappa shape index (κ2) is 42.1. The number of allylic oxidation sites excluding steroid dienone is 8. The number of aliphatic hydroxyl groups is 2. The molecule has 332 valence electrons. The summed E-state index contributed by atoms with van der Waals surface area (Å²) in [7, 11) is -4.62. The molecule has 0 amide bonds. The summed E-state index contributed by atoms with van der Waals surface area (Å²) in [5.41, 5.74) is 0. The molecule has 3 atom stereocenters. The molecule has 0 fully saturated rings. The van der Waals surface area contributed by atoms with Crippen LogP contribution in [0.15, 0.2) is 48.6 Å². The minimum Gasteiger partial charge on any atom is -0.462 e. The fraction of sp³-hybridized carbons (Fsp3) is 0.783. The Balaban J connectivity index is 4.31. The largest absolute Gasteiger partial charge is 0.472 e. The number of phosphoric acid groups is 1. The molecule has 0 aliphatic carbocycles. The highest BCUT2D eigenvalue weighted by atomic mass is 31.2. The second-order valence-electron chi connectivity index (χ2n) is 15.1. The molecule has 0 aromatic carbocycles. The lowest BCUT2D eigenvalue weighted by atomic mass is 10.1. The molecule has 57 heavy (non-hydrogen) atoms. The summed E-state index contributed by atoms with van der Waals surface area (Å²) in [5.74, 6) is -0.951. The van der Waals surface area contributed by atoms with E-state index in [1.54, 1.807) is 0 Å². The molecular formula is C46H83O10P. The van der Waals surface area contributed by atoms with Crippen molar-refractivity contribution in [3.63, 3.8) is 0 Å². The van der Waals surface area contributed by atoms with E-state index in [1.165, 1.54) is 96.3 Å². The van der Waals surface area contributed by atoms with Crippen molar-refractivity contribution in [2.24, 2.45) is 0 Å². The van der Waals surface area contributed by atoms with E-state index < -0.39 is 51.8 Å². The average Bonchev–Trinajstić information content (AvgIpc) is 3.20. The van der Waals surface area contributed by atoms with Gasteiger partial charge >= 0.3 is 19.8 Å². The highest BCUT2D eigenvalue weighted by molar-refractivity contribution is 7.47. The van der Waals surface area contributed by atoms with Gasteiger partial charge in [0.15, 0.2) is 6.10 Å². The maximum absolute atomic E-state index is 12.6. The van der Waals surface area contributed by atoms with Gasteiger partial charge in [0.05, 0.1) is 19.8 Å². The lowest BCUT2D eigenvalue weighted by Crippen LogP contribution is -2.29. The number of ether oxygens (including phenoxy) is 2. The fourth-order valence-electron chi connectivity index (χ4n) is 5.94. The van der Waals surface area contributed by atoms with E-state index in [1.807, 2.05) is 0 Å². The number of unbranched alkanes of at least 4 members (excludes halogenated alkanes) is 20. The topological polar surface area (TPSA) is 149 Å². The summed E-state index contributed by atoms with van der Waals surface area (Å²) in [5, 5.41) is 18.3. The summed E-state index contributed by atoms with van der Waals surface area (Å²) in [6.07, 6.45) is 45.0. The van der Waals surface area contributed by atoms with Crippen LogP contribution < -0.4 is 0 Å². The third-order valence-corrected chi connectivity index (χ3v) is 10.4. The minimum atomic E-state index is -4.62. The van der Waals surface area contributed by atoms with Crippen LogP contribution in [0.3, 0.4) is 0 Å². The molecule has 0 rings (SSSR count). The fourth-order valence-corrected chi connectivity index (χ4v) is 6.72. The third-order valence-electron chi connectivity index (χ3n) is 9.46. The van der Waals surface area contributed by atoms with Crippen LogP contribution >= 0.6 is 7.82 Å². The summed E-state index contributed by atoms with van der Waals surface area (Å²) < 4.78 is 32.7. The first-order valence-electron chi connectivity index (χ1n) is 22.6. The van der Waals surface area contributed by atoms with Crippen molar-refractivity contribution in [3.8, 4) is 0 Å². The van der Waals surface area contributed by atoms with Crippen LogP contribution in [0.25, 0.3) is 0 Å². The van der Waals surface area contributed by atoms with E-state index >= 15 is 0 Å². The maximum atomic E-state index is 12.6. The minimum absolute atomic E-state index is 0.176. The molecule has 0 aliphatic heterocycles. The predicted molar refractivity (Wildman–Crippen MR) is 233 cm³/mol. The maximum Gasteiger partial charge on any atom is 0.472 e. The lowest BCUT2D eigenvalue weighted by molar-refractivity contribution is -0.161. The van der Waals surface area contributed by atoms with Gasteiger partial charge in [-0.05, 0) is 77.0 Å². The Morgan fingerprint density at radius 1 is 0.526 bits per heavy atom. The SMILES string of the molecule is CCCCC/C=C/C/C=C/C/C=C/CCCCCCC(=O)OC[C@H](COP(=O)(O)OC[C@@H](O)CO)OC(=O)CCCCCCCCCCC/C=C/CCCCCC. The highest BCUT2D eigenvalue weighted by Crippen LogP contribution is 2.43. The third kappa shape index (κ3) is 41.9. The molecule has 0 aliphatic rings. The molecule has 0 spiro atoms. The number of carbonyl (C=O) groups is 2. The molecule has 0 bridgehead atoms. The van der Waals surface area contributed by atoms with Gasteiger partial charge in [0.25, 0.3) is 0 Å². The van der Waals surface area contributed by atoms with Crippen LogP contribution in [0.4, 0.5) is 0 Å². The van der Waals surface area contributed by atoms with Crippen molar-refractivity contribution in [1.82, 2.24) is 0 Å². The van der Waals surface area contributed by atoms with Gasteiger partial charge in [-0.15, -0.1) is 0 Å². The van der Waals surface area contributed by atoms with Crippen molar-refractivity contribution in [2.75, 3.05) is 26.4 Å². The van der Waals surface area contributed by atoms with Gasteiger partial charge < -0.3 is 24.6 Å². The van der Waals surface area contributed by atoms with Crippen LogP contribution in [-0.2, 0) is 32.7 Å². The van der Waals surface area contributed by atoms with Crippen LogP contribution in [0.2, 0.25) is 0 Å². The van der Waals surface area contributed by atoms with Gasteiger partial charge in [-0.1, -0.05) is 152 Å². The number of hydrogen-bond donors (Lipinski definition) is 3. The normalized spacial score (nSPS) is 14.3. The number of phosphoric ester groups is 1. The molecule has 3 N–H and O–H groups in total. The van der Waals surface area contributed by atoms with E-state index in [-0.39, 0.29) is 19.4 Å². The Morgan fingerprint density at radius 3 is 1.42 bits per heavy atom. The zero-order chi connectivity index (χ0) is 41.9. The number of rotatable bonds is 42. The number of aliphatic hydroxyl groups excluding tert-OH is 2. The van der Waals surface area contributed by atoms with Gasteiger partial charge in [-0.25, -0.2) is 4.57 Å². The predicted octanol–water partition coefficient (Wildman–Crippen LogP) is 12.1. The van der Waals surface area contributed by atoms with E-state index in [0.717, 1.165) is 57.8 Å².